The van der Waals surface area contributed by atoms with E-state index in [0.29, 0.717) is 0 Å². The monoisotopic (exact) mass is 312 g/mol. The zero-order valence-corrected chi connectivity index (χ0v) is 13.1. The molecular weight excluding hydrogens is 288 g/mol. The highest BCUT2D eigenvalue weighted by Crippen LogP contribution is 2.19. The molecular formula is C15H25BrN2. The smallest absolute Gasteiger partial charge is 0.0307 e. The van der Waals surface area contributed by atoms with Crippen molar-refractivity contribution in [2.75, 3.05) is 20.1 Å². The second-order valence-electron chi connectivity index (χ2n) is 4.96. The molecule has 18 heavy (non-hydrogen) atoms. The van der Waals surface area contributed by atoms with E-state index < -0.39 is 0 Å². The van der Waals surface area contributed by atoms with Gasteiger partial charge in [-0.25, -0.2) is 0 Å². The molecule has 0 aliphatic carbocycles. The second-order valence-corrected chi connectivity index (χ2v) is 5.88. The van der Waals surface area contributed by atoms with Gasteiger partial charge in [-0.3, -0.25) is 0 Å². The molecule has 0 bridgehead atoms. The van der Waals surface area contributed by atoms with Crippen molar-refractivity contribution in [3.05, 3.63) is 34.3 Å². The van der Waals surface area contributed by atoms with E-state index in [-0.39, 0.29) is 6.04 Å². The number of rotatable bonds is 8. The van der Waals surface area contributed by atoms with Crippen molar-refractivity contribution in [3.63, 3.8) is 0 Å². The maximum Gasteiger partial charge on any atom is 0.0307 e. The highest BCUT2D eigenvalue weighted by Gasteiger charge is 2.07. The summed E-state index contributed by atoms with van der Waals surface area (Å²) in [5, 5.41) is 0. The Labute approximate surface area is 120 Å². The fraction of sp³-hybridized carbons (Fsp3) is 0.600. The van der Waals surface area contributed by atoms with Gasteiger partial charge in [0.1, 0.15) is 0 Å². The molecule has 2 nitrogen and oxygen atoms in total. The molecule has 0 saturated carbocycles. The van der Waals surface area contributed by atoms with Crippen LogP contribution in [0.1, 0.15) is 44.2 Å². The Morgan fingerprint density at radius 2 is 2.06 bits per heavy atom. The standard InChI is InChI=1S/C15H25BrN2/c1-3-4-5-10-18(2)11-9-15(17)13-7-6-8-14(16)12-13/h6-8,12,15H,3-5,9-11,17H2,1-2H3. The van der Waals surface area contributed by atoms with Gasteiger partial charge in [0.15, 0.2) is 0 Å². The molecule has 0 amide bonds. The summed E-state index contributed by atoms with van der Waals surface area (Å²) in [6, 6.07) is 8.43. The van der Waals surface area contributed by atoms with Gasteiger partial charge in [0.05, 0.1) is 0 Å². The molecule has 102 valence electrons. The summed E-state index contributed by atoms with van der Waals surface area (Å²) in [6.45, 7) is 4.49. The Morgan fingerprint density at radius 3 is 2.72 bits per heavy atom. The third-order valence-corrected chi connectivity index (χ3v) is 3.74. The van der Waals surface area contributed by atoms with E-state index in [0.717, 1.165) is 17.4 Å². The van der Waals surface area contributed by atoms with Gasteiger partial charge in [0.2, 0.25) is 0 Å². The largest absolute Gasteiger partial charge is 0.324 e. The molecule has 0 aliphatic heterocycles. The third-order valence-electron chi connectivity index (χ3n) is 3.24. The van der Waals surface area contributed by atoms with Crippen molar-refractivity contribution >= 4 is 15.9 Å². The molecule has 0 heterocycles. The minimum atomic E-state index is 0.135. The van der Waals surface area contributed by atoms with E-state index in [1.165, 1.54) is 31.4 Å². The zero-order chi connectivity index (χ0) is 13.4. The molecule has 3 heteroatoms. The summed E-state index contributed by atoms with van der Waals surface area (Å²) >= 11 is 3.49. The minimum Gasteiger partial charge on any atom is -0.324 e. The van der Waals surface area contributed by atoms with Gasteiger partial charge in [-0.05, 0) is 50.7 Å². The lowest BCUT2D eigenvalue weighted by atomic mass is 10.0. The maximum atomic E-state index is 6.22. The van der Waals surface area contributed by atoms with Crippen LogP contribution in [0.15, 0.2) is 28.7 Å². The molecule has 0 aliphatic rings. The lowest BCUT2D eigenvalue weighted by Crippen LogP contribution is -2.24. The SMILES string of the molecule is CCCCCN(C)CCC(N)c1cccc(Br)c1. The first kappa shape index (κ1) is 15.7. The molecule has 1 aromatic carbocycles. The van der Waals surface area contributed by atoms with Crippen LogP contribution in [0.3, 0.4) is 0 Å². The molecule has 0 spiro atoms. The Morgan fingerprint density at radius 1 is 1.28 bits per heavy atom. The summed E-state index contributed by atoms with van der Waals surface area (Å²) in [4.78, 5) is 2.38. The topological polar surface area (TPSA) is 29.3 Å². The lowest BCUT2D eigenvalue weighted by molar-refractivity contribution is 0.311. The van der Waals surface area contributed by atoms with Crippen molar-refractivity contribution in [3.8, 4) is 0 Å². The van der Waals surface area contributed by atoms with Crippen molar-refractivity contribution < 1.29 is 0 Å². The molecule has 0 fully saturated rings. The number of nitrogens with two attached hydrogens (primary N) is 1. The number of unbranched alkanes of at least 4 members (excludes halogenated alkanes) is 2. The third kappa shape index (κ3) is 5.98. The number of hydrogen-bond donors (Lipinski definition) is 1. The van der Waals surface area contributed by atoms with Crippen LogP contribution in [-0.4, -0.2) is 25.0 Å². The highest BCUT2D eigenvalue weighted by atomic mass is 79.9. The van der Waals surface area contributed by atoms with E-state index >= 15 is 0 Å². The molecule has 0 saturated heterocycles. The van der Waals surface area contributed by atoms with Crippen LogP contribution in [0.5, 0.6) is 0 Å². The molecule has 2 N–H and O–H groups in total. The van der Waals surface area contributed by atoms with E-state index in [2.05, 4.69) is 46.9 Å². The van der Waals surface area contributed by atoms with Gasteiger partial charge in [0.25, 0.3) is 0 Å². The fourth-order valence-corrected chi connectivity index (χ4v) is 2.42. The second kappa shape index (κ2) is 8.68. The maximum absolute atomic E-state index is 6.22. The summed E-state index contributed by atoms with van der Waals surface area (Å²) in [6.07, 6.45) is 4.91. The first-order valence-electron chi connectivity index (χ1n) is 6.83. The van der Waals surface area contributed by atoms with Crippen LogP contribution in [0, 0.1) is 0 Å². The van der Waals surface area contributed by atoms with E-state index in [4.69, 9.17) is 5.73 Å². The normalized spacial score (nSPS) is 12.9. The van der Waals surface area contributed by atoms with Crippen molar-refractivity contribution in [2.24, 2.45) is 5.73 Å². The van der Waals surface area contributed by atoms with E-state index in [1.54, 1.807) is 0 Å². The van der Waals surface area contributed by atoms with E-state index in [9.17, 15) is 0 Å². The lowest BCUT2D eigenvalue weighted by Gasteiger charge is -2.19. The molecule has 1 unspecified atom stereocenters. The summed E-state index contributed by atoms with van der Waals surface area (Å²) in [5.74, 6) is 0. The van der Waals surface area contributed by atoms with Crippen LogP contribution in [-0.2, 0) is 0 Å². The quantitative estimate of drug-likeness (QED) is 0.736. The predicted molar refractivity (Wildman–Crippen MR) is 82.7 cm³/mol. The Hall–Kier alpha value is -0.380. The molecule has 1 rings (SSSR count). The van der Waals surface area contributed by atoms with Crippen molar-refractivity contribution in [1.29, 1.82) is 0 Å². The number of halogens is 1. The summed E-state index contributed by atoms with van der Waals surface area (Å²) < 4.78 is 1.10. The van der Waals surface area contributed by atoms with Crippen molar-refractivity contribution in [2.45, 2.75) is 38.6 Å². The first-order valence-corrected chi connectivity index (χ1v) is 7.62. The molecule has 1 aromatic rings. The van der Waals surface area contributed by atoms with Crippen LogP contribution in [0.2, 0.25) is 0 Å². The average Bonchev–Trinajstić information content (AvgIpc) is 2.36. The van der Waals surface area contributed by atoms with Gasteiger partial charge < -0.3 is 10.6 Å². The Bertz CT molecular complexity index is 341. The predicted octanol–water partition coefficient (Wildman–Crippen LogP) is 3.96. The fourth-order valence-electron chi connectivity index (χ4n) is 2.01. The summed E-state index contributed by atoms with van der Waals surface area (Å²) in [5.41, 5.74) is 7.43. The first-order chi connectivity index (χ1) is 8.63. The summed E-state index contributed by atoms with van der Waals surface area (Å²) in [7, 11) is 2.18. The van der Waals surface area contributed by atoms with E-state index in [1.807, 2.05) is 12.1 Å². The number of nitrogens with zero attached hydrogens (tertiary/aromatic N) is 1. The van der Waals surface area contributed by atoms with Crippen molar-refractivity contribution in [1.82, 2.24) is 4.90 Å². The van der Waals surface area contributed by atoms with Crippen LogP contribution < -0.4 is 5.73 Å². The van der Waals surface area contributed by atoms with Crippen LogP contribution in [0.4, 0.5) is 0 Å². The Balaban J connectivity index is 2.30. The van der Waals surface area contributed by atoms with Gasteiger partial charge in [0, 0.05) is 10.5 Å². The van der Waals surface area contributed by atoms with Gasteiger partial charge >= 0.3 is 0 Å². The number of hydrogen-bond acceptors (Lipinski definition) is 2. The van der Waals surface area contributed by atoms with Gasteiger partial charge in [-0.1, -0.05) is 47.8 Å². The average molecular weight is 313 g/mol. The zero-order valence-electron chi connectivity index (χ0n) is 11.5. The molecule has 0 aromatic heterocycles. The van der Waals surface area contributed by atoms with Gasteiger partial charge in [-0.15, -0.1) is 0 Å². The van der Waals surface area contributed by atoms with Crippen LogP contribution in [0.25, 0.3) is 0 Å². The number of benzene rings is 1. The molecule has 1 atom stereocenters. The highest BCUT2D eigenvalue weighted by molar-refractivity contribution is 9.10. The van der Waals surface area contributed by atoms with Gasteiger partial charge in [-0.2, -0.15) is 0 Å². The van der Waals surface area contributed by atoms with Crippen LogP contribution >= 0.6 is 15.9 Å². The molecule has 0 radical (unpaired) electrons. The Kier molecular flexibility index (Phi) is 7.56. The minimum absolute atomic E-state index is 0.135.